The first-order valence-corrected chi connectivity index (χ1v) is 9.88. The molecule has 0 radical (unpaired) electrons. The summed E-state index contributed by atoms with van der Waals surface area (Å²) in [6.45, 7) is 2.89. The molecule has 5 rings (SSSR count). The van der Waals surface area contributed by atoms with Crippen molar-refractivity contribution in [2.75, 3.05) is 5.73 Å². The smallest absolute Gasteiger partial charge is 0.164 e. The molecule has 2 N–H and O–H groups in total. The van der Waals surface area contributed by atoms with E-state index in [0.717, 1.165) is 12.2 Å². The van der Waals surface area contributed by atoms with Crippen LogP contribution in [0.15, 0.2) is 31.0 Å². The maximum absolute atomic E-state index is 9.22. The van der Waals surface area contributed by atoms with Crippen molar-refractivity contribution >= 4 is 16.9 Å². The molecule has 1 atom stereocenters. The molecule has 1 unspecified atom stereocenters. The number of nitrogens with zero attached hydrogens (tertiary/aromatic N) is 9. The summed E-state index contributed by atoms with van der Waals surface area (Å²) in [6, 6.07) is 3.62. The zero-order valence-electron chi connectivity index (χ0n) is 16.5. The summed E-state index contributed by atoms with van der Waals surface area (Å²) in [5.41, 5.74) is 9.28. The van der Waals surface area contributed by atoms with Crippen molar-refractivity contribution in [3.05, 3.63) is 42.2 Å². The minimum atomic E-state index is -0.210. The number of anilines is 1. The van der Waals surface area contributed by atoms with Gasteiger partial charge in [0.2, 0.25) is 0 Å². The highest BCUT2D eigenvalue weighted by Crippen LogP contribution is 2.33. The van der Waals surface area contributed by atoms with Crippen molar-refractivity contribution in [1.82, 2.24) is 39.7 Å². The van der Waals surface area contributed by atoms with Crippen LogP contribution in [0, 0.1) is 17.2 Å². The lowest BCUT2D eigenvalue weighted by Gasteiger charge is -2.24. The van der Waals surface area contributed by atoms with Gasteiger partial charge >= 0.3 is 0 Å². The van der Waals surface area contributed by atoms with Crippen molar-refractivity contribution in [3.63, 3.8) is 0 Å². The molecule has 0 amide bonds. The van der Waals surface area contributed by atoms with Crippen molar-refractivity contribution in [2.45, 2.75) is 38.8 Å². The van der Waals surface area contributed by atoms with Crippen molar-refractivity contribution < 1.29 is 0 Å². The molecule has 30 heavy (non-hydrogen) atoms. The Bertz CT molecular complexity index is 1260. The second-order valence-electron chi connectivity index (χ2n) is 7.66. The Labute approximate surface area is 172 Å². The first-order valence-electron chi connectivity index (χ1n) is 9.88. The van der Waals surface area contributed by atoms with E-state index >= 15 is 0 Å². The Morgan fingerprint density at radius 2 is 2.17 bits per heavy atom. The minimum Gasteiger partial charge on any atom is -0.383 e. The van der Waals surface area contributed by atoms with Gasteiger partial charge < -0.3 is 5.73 Å². The molecule has 10 nitrogen and oxygen atoms in total. The second kappa shape index (κ2) is 7.18. The average Bonchev–Trinajstić information content (AvgIpc) is 3.36. The largest absolute Gasteiger partial charge is 0.383 e. The second-order valence-corrected chi connectivity index (χ2v) is 7.66. The summed E-state index contributed by atoms with van der Waals surface area (Å²) in [6.07, 6.45) is 10.4. The van der Waals surface area contributed by atoms with Gasteiger partial charge in [-0.25, -0.2) is 14.6 Å². The maximum atomic E-state index is 9.22. The molecule has 0 aromatic carbocycles. The number of nitriles is 1. The fourth-order valence-electron chi connectivity index (χ4n) is 3.76. The third-order valence-corrected chi connectivity index (χ3v) is 5.68. The molecule has 4 aromatic rings. The molecule has 0 spiro atoms. The van der Waals surface area contributed by atoms with Gasteiger partial charge in [-0.15, -0.1) is 5.10 Å². The zero-order chi connectivity index (χ0) is 20.7. The number of aromatic nitrogens is 8. The Kier molecular flexibility index (Phi) is 4.35. The van der Waals surface area contributed by atoms with Crippen molar-refractivity contribution in [3.8, 4) is 17.3 Å². The Morgan fingerprint density at radius 3 is 2.93 bits per heavy atom. The van der Waals surface area contributed by atoms with E-state index in [9.17, 15) is 5.26 Å². The van der Waals surface area contributed by atoms with E-state index in [1.54, 1.807) is 16.9 Å². The van der Waals surface area contributed by atoms with E-state index in [4.69, 9.17) is 10.8 Å². The molecule has 1 aliphatic carbocycles. The van der Waals surface area contributed by atoms with Crippen LogP contribution in [0.4, 0.5) is 5.82 Å². The fourth-order valence-corrected chi connectivity index (χ4v) is 3.76. The van der Waals surface area contributed by atoms with Crippen LogP contribution in [-0.4, -0.2) is 39.7 Å². The van der Waals surface area contributed by atoms with Crippen LogP contribution in [0.2, 0.25) is 0 Å². The first-order chi connectivity index (χ1) is 14.6. The quantitative estimate of drug-likeness (QED) is 0.539. The number of nitrogen functional groups attached to an aromatic ring is 1. The molecule has 0 aliphatic heterocycles. The Hall–Kier alpha value is -3.87. The first kappa shape index (κ1) is 18.2. The molecular formula is C20H20N10. The van der Waals surface area contributed by atoms with Gasteiger partial charge in [0, 0.05) is 24.5 Å². The summed E-state index contributed by atoms with van der Waals surface area (Å²) in [4.78, 5) is 12.7. The predicted molar refractivity (Wildman–Crippen MR) is 109 cm³/mol. The Morgan fingerprint density at radius 1 is 1.30 bits per heavy atom. The molecule has 4 heterocycles. The van der Waals surface area contributed by atoms with Crippen LogP contribution in [0.25, 0.3) is 22.3 Å². The molecule has 4 aromatic heterocycles. The highest BCUT2D eigenvalue weighted by atomic mass is 15.4. The standard InChI is InChI=1S/C20H20N10/c1-12(16-10-29(28-26-16)9-13-3-2-4-13)30-20-17(19(22)24-11-25-20)18(27-30)15-5-14(6-21)7-23-8-15/h5,7-8,10-13H,2-4,9H2,1H3,(H2,22,24,25). The van der Waals surface area contributed by atoms with Gasteiger partial charge in [-0.3, -0.25) is 9.67 Å². The summed E-state index contributed by atoms with van der Waals surface area (Å²) >= 11 is 0. The molecule has 1 aliphatic rings. The third-order valence-electron chi connectivity index (χ3n) is 5.68. The normalized spacial score (nSPS) is 15.1. The van der Waals surface area contributed by atoms with Crippen LogP contribution in [-0.2, 0) is 6.54 Å². The van der Waals surface area contributed by atoms with E-state index in [1.807, 2.05) is 17.8 Å². The lowest BCUT2D eigenvalue weighted by atomic mass is 9.85. The highest BCUT2D eigenvalue weighted by Gasteiger charge is 2.24. The van der Waals surface area contributed by atoms with Crippen LogP contribution >= 0.6 is 0 Å². The van der Waals surface area contributed by atoms with Gasteiger partial charge in [-0.1, -0.05) is 11.6 Å². The van der Waals surface area contributed by atoms with Crippen LogP contribution in [0.3, 0.4) is 0 Å². The zero-order valence-corrected chi connectivity index (χ0v) is 16.5. The lowest BCUT2D eigenvalue weighted by molar-refractivity contribution is 0.264. The maximum Gasteiger partial charge on any atom is 0.164 e. The van der Waals surface area contributed by atoms with Gasteiger partial charge in [0.1, 0.15) is 29.6 Å². The molecule has 150 valence electrons. The molecule has 1 fully saturated rings. The van der Waals surface area contributed by atoms with Gasteiger partial charge in [0.05, 0.1) is 23.2 Å². The van der Waals surface area contributed by atoms with Gasteiger partial charge in [-0.05, 0) is 31.7 Å². The van der Waals surface area contributed by atoms with Crippen LogP contribution in [0.5, 0.6) is 0 Å². The predicted octanol–water partition coefficient (Wildman–Crippen LogP) is 2.34. The summed E-state index contributed by atoms with van der Waals surface area (Å²) in [5, 5.41) is 23.3. The summed E-state index contributed by atoms with van der Waals surface area (Å²) in [5.74, 6) is 1.02. The molecule has 0 saturated heterocycles. The number of fused-ring (bicyclic) bond motifs is 1. The number of hydrogen-bond acceptors (Lipinski definition) is 8. The topological polar surface area (TPSA) is 137 Å². The average molecular weight is 400 g/mol. The van der Waals surface area contributed by atoms with Crippen LogP contribution in [0.1, 0.15) is 43.5 Å². The monoisotopic (exact) mass is 400 g/mol. The van der Waals surface area contributed by atoms with Gasteiger partial charge in [-0.2, -0.15) is 10.4 Å². The van der Waals surface area contributed by atoms with E-state index in [1.165, 1.54) is 31.8 Å². The van der Waals surface area contributed by atoms with Crippen molar-refractivity contribution in [2.24, 2.45) is 5.92 Å². The number of rotatable bonds is 5. The Balaban J connectivity index is 1.57. The van der Waals surface area contributed by atoms with E-state index in [0.29, 0.717) is 39.6 Å². The third kappa shape index (κ3) is 3.04. The highest BCUT2D eigenvalue weighted by molar-refractivity contribution is 5.98. The SMILES string of the molecule is CC(c1cn(CC2CCC2)nn1)n1nc(-c2cncc(C#N)c2)c2c(N)ncnc21. The van der Waals surface area contributed by atoms with Crippen LogP contribution < -0.4 is 5.73 Å². The minimum absolute atomic E-state index is 0.210. The van der Waals surface area contributed by atoms with E-state index < -0.39 is 0 Å². The molecule has 10 heteroatoms. The molecule has 0 bridgehead atoms. The van der Waals surface area contributed by atoms with Gasteiger partial charge in [0.15, 0.2) is 5.65 Å². The number of hydrogen-bond donors (Lipinski definition) is 1. The van der Waals surface area contributed by atoms with Gasteiger partial charge in [0.25, 0.3) is 0 Å². The van der Waals surface area contributed by atoms with E-state index in [2.05, 4.69) is 31.3 Å². The van der Waals surface area contributed by atoms with Crippen molar-refractivity contribution in [1.29, 1.82) is 5.26 Å². The number of pyridine rings is 1. The molecule has 1 saturated carbocycles. The molecular weight excluding hydrogens is 380 g/mol. The fraction of sp³-hybridized carbons (Fsp3) is 0.350. The summed E-state index contributed by atoms with van der Waals surface area (Å²) < 4.78 is 3.69. The number of nitrogens with two attached hydrogens (primary N) is 1. The van der Waals surface area contributed by atoms with E-state index in [-0.39, 0.29) is 6.04 Å². The lowest BCUT2D eigenvalue weighted by Crippen LogP contribution is -2.18. The summed E-state index contributed by atoms with van der Waals surface area (Å²) in [7, 11) is 0.